The first-order chi connectivity index (χ1) is 13.2. The van der Waals surface area contributed by atoms with Crippen LogP contribution in [0, 0.1) is 0 Å². The molecule has 1 aromatic heterocycles. The number of carbonyl (C=O) groups excluding carboxylic acids is 2. The fourth-order valence-electron chi connectivity index (χ4n) is 3.55. The van der Waals surface area contributed by atoms with Gasteiger partial charge in [0.05, 0.1) is 6.61 Å². The second kappa shape index (κ2) is 12.4. The minimum atomic E-state index is -0.938. The second-order valence-corrected chi connectivity index (χ2v) is 7.41. The van der Waals surface area contributed by atoms with Gasteiger partial charge < -0.3 is 15.7 Å². The zero-order valence-corrected chi connectivity index (χ0v) is 16.2. The number of nitrogens with zero attached hydrogens (tertiary/aromatic N) is 1. The van der Waals surface area contributed by atoms with E-state index in [2.05, 4.69) is 15.6 Å². The van der Waals surface area contributed by atoms with Gasteiger partial charge in [0.25, 0.3) is 5.91 Å². The van der Waals surface area contributed by atoms with E-state index >= 15 is 0 Å². The lowest BCUT2D eigenvalue weighted by atomic mass is 9.97. The molecule has 1 aliphatic rings. The maximum atomic E-state index is 12.6. The van der Waals surface area contributed by atoms with Crippen molar-refractivity contribution in [3.8, 4) is 0 Å². The highest BCUT2D eigenvalue weighted by Crippen LogP contribution is 2.17. The lowest BCUT2D eigenvalue weighted by molar-refractivity contribution is -0.124. The third-order valence-corrected chi connectivity index (χ3v) is 5.20. The van der Waals surface area contributed by atoms with Crippen molar-refractivity contribution in [3.63, 3.8) is 0 Å². The number of aliphatic hydroxyl groups excluding tert-OH is 1. The van der Waals surface area contributed by atoms with Crippen LogP contribution in [-0.4, -0.2) is 40.6 Å². The molecular weight excluding hydrogens is 342 g/mol. The first-order valence-electron chi connectivity index (χ1n) is 10.3. The maximum absolute atomic E-state index is 12.6. The van der Waals surface area contributed by atoms with Gasteiger partial charge in [0, 0.05) is 24.0 Å². The van der Waals surface area contributed by atoms with Gasteiger partial charge in [0.2, 0.25) is 5.91 Å². The summed E-state index contributed by atoms with van der Waals surface area (Å²) < 4.78 is 0. The van der Waals surface area contributed by atoms with E-state index in [1.165, 1.54) is 57.3 Å². The first kappa shape index (κ1) is 21.4. The normalized spacial score (nSPS) is 18.6. The zero-order chi connectivity index (χ0) is 19.3. The van der Waals surface area contributed by atoms with Crippen molar-refractivity contribution in [2.45, 2.75) is 82.7 Å². The van der Waals surface area contributed by atoms with Crippen LogP contribution in [0.15, 0.2) is 24.5 Å². The molecule has 6 nitrogen and oxygen atoms in total. The standard InChI is InChI=1S/C21H33N3O3/c25-16-19(24-20(26)17-12-14-22-15-13-17)21(27)23-18-10-8-6-4-2-1-3-5-7-9-11-18/h12-15,18-19,25H,1-11,16H2,(H,23,27)(H,24,26)/t19-/m0/s1. The van der Waals surface area contributed by atoms with Gasteiger partial charge in [0.15, 0.2) is 0 Å². The van der Waals surface area contributed by atoms with Crippen LogP contribution in [0.2, 0.25) is 0 Å². The van der Waals surface area contributed by atoms with E-state index in [4.69, 9.17) is 0 Å². The summed E-state index contributed by atoms with van der Waals surface area (Å²) >= 11 is 0. The Morgan fingerprint density at radius 1 is 0.963 bits per heavy atom. The summed E-state index contributed by atoms with van der Waals surface area (Å²) in [6.45, 7) is -0.421. The summed E-state index contributed by atoms with van der Waals surface area (Å²) in [5, 5.41) is 15.2. The number of amides is 2. The summed E-state index contributed by atoms with van der Waals surface area (Å²) in [5.41, 5.74) is 0.419. The fourth-order valence-corrected chi connectivity index (χ4v) is 3.55. The average molecular weight is 376 g/mol. The highest BCUT2D eigenvalue weighted by atomic mass is 16.3. The Morgan fingerprint density at radius 2 is 1.48 bits per heavy atom. The van der Waals surface area contributed by atoms with Crippen LogP contribution in [0.4, 0.5) is 0 Å². The van der Waals surface area contributed by atoms with Crippen LogP contribution in [0.3, 0.4) is 0 Å². The SMILES string of the molecule is O=C(N[C@@H](CO)C(=O)NC1CCCCCCCCCCC1)c1ccncc1. The molecule has 1 heterocycles. The smallest absolute Gasteiger partial charge is 0.252 e. The average Bonchev–Trinajstić information content (AvgIpc) is 2.68. The Bertz CT molecular complexity index is 553. The van der Waals surface area contributed by atoms with Crippen LogP contribution in [-0.2, 0) is 4.79 Å². The highest BCUT2D eigenvalue weighted by molar-refractivity contribution is 5.97. The molecule has 1 saturated carbocycles. The second-order valence-electron chi connectivity index (χ2n) is 7.41. The predicted molar refractivity (Wildman–Crippen MR) is 105 cm³/mol. The lowest BCUT2D eigenvalue weighted by Gasteiger charge is -2.23. The Kier molecular flexibility index (Phi) is 9.84. The van der Waals surface area contributed by atoms with Gasteiger partial charge in [-0.25, -0.2) is 0 Å². The molecule has 0 bridgehead atoms. The van der Waals surface area contributed by atoms with E-state index in [9.17, 15) is 14.7 Å². The number of aliphatic hydroxyl groups is 1. The zero-order valence-electron chi connectivity index (χ0n) is 16.2. The van der Waals surface area contributed by atoms with Crippen LogP contribution in [0.1, 0.15) is 81.0 Å². The first-order valence-corrected chi connectivity index (χ1v) is 10.3. The largest absolute Gasteiger partial charge is 0.394 e. The number of hydrogen-bond donors (Lipinski definition) is 3. The molecule has 6 heteroatoms. The molecule has 0 spiro atoms. The fraction of sp³-hybridized carbons (Fsp3) is 0.667. The summed E-state index contributed by atoms with van der Waals surface area (Å²) in [6.07, 6.45) is 16.1. The number of hydrogen-bond acceptors (Lipinski definition) is 4. The van der Waals surface area contributed by atoms with Crippen LogP contribution in [0.5, 0.6) is 0 Å². The van der Waals surface area contributed by atoms with Gasteiger partial charge in [-0.05, 0) is 25.0 Å². The van der Waals surface area contributed by atoms with Crippen molar-refractivity contribution in [3.05, 3.63) is 30.1 Å². The van der Waals surface area contributed by atoms with Gasteiger partial charge in [-0.15, -0.1) is 0 Å². The van der Waals surface area contributed by atoms with Gasteiger partial charge in [-0.1, -0.05) is 57.8 Å². The molecule has 1 atom stereocenters. The summed E-state index contributed by atoms with van der Waals surface area (Å²) in [7, 11) is 0. The van der Waals surface area contributed by atoms with Crippen molar-refractivity contribution in [1.82, 2.24) is 15.6 Å². The van der Waals surface area contributed by atoms with Gasteiger partial charge in [-0.2, -0.15) is 0 Å². The number of nitrogens with one attached hydrogen (secondary N) is 2. The molecule has 150 valence electrons. The van der Waals surface area contributed by atoms with Crippen molar-refractivity contribution in [2.24, 2.45) is 0 Å². The third kappa shape index (κ3) is 8.08. The molecular formula is C21H33N3O3. The molecule has 0 saturated heterocycles. The third-order valence-electron chi connectivity index (χ3n) is 5.20. The molecule has 3 N–H and O–H groups in total. The molecule has 1 aliphatic carbocycles. The minimum absolute atomic E-state index is 0.115. The quantitative estimate of drug-likeness (QED) is 0.738. The van der Waals surface area contributed by atoms with E-state index in [1.54, 1.807) is 12.1 Å². The molecule has 0 aromatic carbocycles. The van der Waals surface area contributed by atoms with E-state index < -0.39 is 12.6 Å². The van der Waals surface area contributed by atoms with E-state index in [0.717, 1.165) is 25.7 Å². The lowest BCUT2D eigenvalue weighted by Crippen LogP contribution is -2.51. The molecule has 1 aromatic rings. The van der Waals surface area contributed by atoms with Crippen LogP contribution >= 0.6 is 0 Å². The summed E-state index contributed by atoms with van der Waals surface area (Å²) in [5.74, 6) is -0.692. The van der Waals surface area contributed by atoms with Crippen molar-refractivity contribution < 1.29 is 14.7 Å². The topological polar surface area (TPSA) is 91.3 Å². The maximum Gasteiger partial charge on any atom is 0.252 e. The highest BCUT2D eigenvalue weighted by Gasteiger charge is 2.23. The molecule has 1 fully saturated rings. The molecule has 0 aliphatic heterocycles. The predicted octanol–water partition coefficient (Wildman–Crippen LogP) is 2.96. The van der Waals surface area contributed by atoms with Crippen molar-refractivity contribution >= 4 is 11.8 Å². The minimum Gasteiger partial charge on any atom is -0.394 e. The molecule has 27 heavy (non-hydrogen) atoms. The summed E-state index contributed by atoms with van der Waals surface area (Å²) in [4.78, 5) is 28.7. The van der Waals surface area contributed by atoms with Crippen molar-refractivity contribution in [1.29, 1.82) is 0 Å². The van der Waals surface area contributed by atoms with Crippen LogP contribution in [0.25, 0.3) is 0 Å². The summed E-state index contributed by atoms with van der Waals surface area (Å²) in [6, 6.07) is 2.33. The number of aromatic nitrogens is 1. The van der Waals surface area contributed by atoms with Gasteiger partial charge >= 0.3 is 0 Å². The Labute approximate surface area is 162 Å². The van der Waals surface area contributed by atoms with Gasteiger partial charge in [0.1, 0.15) is 6.04 Å². The van der Waals surface area contributed by atoms with E-state index in [1.807, 2.05) is 0 Å². The molecule has 0 unspecified atom stereocenters. The Balaban J connectivity index is 1.87. The Morgan fingerprint density at radius 3 is 2.00 bits per heavy atom. The molecule has 2 amide bonds. The molecule has 0 radical (unpaired) electrons. The number of rotatable bonds is 5. The molecule has 2 rings (SSSR count). The monoisotopic (exact) mass is 375 g/mol. The van der Waals surface area contributed by atoms with Crippen LogP contribution < -0.4 is 10.6 Å². The van der Waals surface area contributed by atoms with E-state index in [0.29, 0.717) is 5.56 Å². The van der Waals surface area contributed by atoms with E-state index in [-0.39, 0.29) is 17.9 Å². The van der Waals surface area contributed by atoms with Crippen molar-refractivity contribution in [2.75, 3.05) is 6.61 Å². The Hall–Kier alpha value is -1.95. The number of carbonyl (C=O) groups is 2. The number of pyridine rings is 1. The van der Waals surface area contributed by atoms with Gasteiger partial charge in [-0.3, -0.25) is 14.6 Å².